The first-order valence-electron chi connectivity index (χ1n) is 12.7. The van der Waals surface area contributed by atoms with Crippen LogP contribution in [0.3, 0.4) is 0 Å². The predicted octanol–water partition coefficient (Wildman–Crippen LogP) is 0.653. The summed E-state index contributed by atoms with van der Waals surface area (Å²) in [6, 6.07) is 9.26. The number of anilines is 1. The SMILES string of the molecule is Cc1ccc(S(=O)(=O)N[C@@H](CNC(=O)N2CCC3(CC2)C(=O)N(c2ccc(C(=N)N)cc2)C(=O)N3C)C(=O)O)cc1. The Morgan fingerprint density at radius 2 is 1.66 bits per heavy atom. The van der Waals surface area contributed by atoms with Gasteiger partial charge < -0.3 is 26.0 Å². The minimum atomic E-state index is -4.15. The van der Waals surface area contributed by atoms with Crippen LogP contribution in [0.5, 0.6) is 0 Å². The number of carboxylic acid groups (broad SMARTS) is 1. The lowest BCUT2D eigenvalue weighted by atomic mass is 9.86. The van der Waals surface area contributed by atoms with Gasteiger partial charge in [-0.1, -0.05) is 17.7 Å². The number of likely N-dealkylation sites (N-methyl/N-ethyl adjacent to an activating group) is 1. The average molecular weight is 586 g/mol. The van der Waals surface area contributed by atoms with Crippen LogP contribution in [0.15, 0.2) is 53.4 Å². The summed E-state index contributed by atoms with van der Waals surface area (Å²) in [4.78, 5) is 54.9. The number of carbonyl (C=O) groups is 4. The monoisotopic (exact) mass is 585 g/mol. The summed E-state index contributed by atoms with van der Waals surface area (Å²) in [5, 5.41) is 19.5. The summed E-state index contributed by atoms with van der Waals surface area (Å²) in [7, 11) is -2.63. The van der Waals surface area contributed by atoms with Gasteiger partial charge in [0, 0.05) is 32.2 Å². The molecule has 0 radical (unpaired) electrons. The van der Waals surface area contributed by atoms with E-state index in [0.717, 1.165) is 10.5 Å². The summed E-state index contributed by atoms with van der Waals surface area (Å²) in [5.74, 6) is -2.04. The highest BCUT2D eigenvalue weighted by molar-refractivity contribution is 7.89. The van der Waals surface area contributed by atoms with Crippen molar-refractivity contribution in [2.75, 3.05) is 31.6 Å². The second-order valence-electron chi connectivity index (χ2n) is 9.97. The number of nitrogens with one attached hydrogen (secondary N) is 3. The largest absolute Gasteiger partial charge is 0.480 e. The first-order chi connectivity index (χ1) is 19.3. The second-order valence-corrected chi connectivity index (χ2v) is 11.7. The van der Waals surface area contributed by atoms with Crippen molar-refractivity contribution in [1.82, 2.24) is 19.8 Å². The van der Waals surface area contributed by atoms with Crippen LogP contribution in [0.25, 0.3) is 0 Å². The Kier molecular flexibility index (Phi) is 8.03. The molecule has 4 rings (SSSR count). The quantitative estimate of drug-likeness (QED) is 0.168. The number of nitrogen functional groups attached to an aromatic ring is 1. The van der Waals surface area contributed by atoms with Gasteiger partial charge in [-0.05, 0) is 56.2 Å². The molecule has 0 saturated carbocycles. The molecule has 0 aliphatic carbocycles. The fourth-order valence-electron chi connectivity index (χ4n) is 4.87. The van der Waals surface area contributed by atoms with Gasteiger partial charge in [-0.25, -0.2) is 22.9 Å². The lowest BCUT2D eigenvalue weighted by molar-refractivity contribution is -0.138. The first-order valence-corrected chi connectivity index (χ1v) is 14.2. The number of nitrogens with two attached hydrogens (primary N) is 1. The molecule has 2 aromatic rings. The number of urea groups is 2. The Balaban J connectivity index is 1.38. The molecule has 0 aromatic heterocycles. The standard InChI is InChI=1S/C26H31N7O7S/c1-16-3-9-19(10-4-16)41(39,40)30-20(22(34)35)15-29-24(37)32-13-11-26(12-14-32)23(36)33(25(38)31(26)2)18-7-5-17(6-8-18)21(27)28/h3-10,20,30H,11-15H2,1-2H3,(H3,27,28)(H,29,37)(H,34,35)/t20-/m0/s1. The van der Waals surface area contributed by atoms with Crippen LogP contribution in [0, 0.1) is 12.3 Å². The van der Waals surface area contributed by atoms with Gasteiger partial charge in [-0.15, -0.1) is 0 Å². The number of imide groups is 1. The Morgan fingerprint density at radius 3 is 2.20 bits per heavy atom. The molecule has 0 unspecified atom stereocenters. The van der Waals surface area contributed by atoms with Crippen LogP contribution in [0.2, 0.25) is 0 Å². The van der Waals surface area contributed by atoms with Gasteiger partial charge in [0.05, 0.1) is 10.6 Å². The van der Waals surface area contributed by atoms with Crippen LogP contribution in [-0.2, 0) is 19.6 Å². The van der Waals surface area contributed by atoms with Crippen molar-refractivity contribution in [2.45, 2.75) is 36.2 Å². The zero-order valence-corrected chi connectivity index (χ0v) is 23.3. The number of hydrogen-bond acceptors (Lipinski definition) is 7. The molecule has 2 fully saturated rings. The third-order valence-electron chi connectivity index (χ3n) is 7.42. The number of carboxylic acids is 1. The van der Waals surface area contributed by atoms with Crippen molar-refractivity contribution in [2.24, 2.45) is 5.73 Å². The van der Waals surface area contributed by atoms with E-state index in [4.69, 9.17) is 11.1 Å². The molecule has 1 atom stereocenters. The molecule has 5 amide bonds. The van der Waals surface area contributed by atoms with Crippen molar-refractivity contribution in [1.29, 1.82) is 5.41 Å². The van der Waals surface area contributed by atoms with E-state index >= 15 is 0 Å². The van der Waals surface area contributed by atoms with Crippen molar-refractivity contribution < 1.29 is 32.7 Å². The van der Waals surface area contributed by atoms with Crippen LogP contribution in [-0.4, -0.2) is 91.4 Å². The number of likely N-dealkylation sites (tertiary alicyclic amines) is 1. The smallest absolute Gasteiger partial charge is 0.332 e. The second kappa shape index (κ2) is 11.2. The molecular weight excluding hydrogens is 554 g/mol. The van der Waals surface area contributed by atoms with Crippen molar-refractivity contribution >= 4 is 45.5 Å². The molecule has 41 heavy (non-hydrogen) atoms. The number of nitrogens with zero attached hydrogens (tertiary/aromatic N) is 3. The van der Waals surface area contributed by atoms with Gasteiger partial charge in [0.2, 0.25) is 10.0 Å². The van der Waals surface area contributed by atoms with E-state index in [1.54, 1.807) is 31.2 Å². The minimum Gasteiger partial charge on any atom is -0.480 e. The predicted molar refractivity (Wildman–Crippen MR) is 148 cm³/mol. The Hall–Kier alpha value is -4.50. The Labute approximate surface area is 236 Å². The molecule has 2 aliphatic heterocycles. The van der Waals surface area contributed by atoms with Gasteiger partial charge in [0.1, 0.15) is 17.4 Å². The molecule has 218 valence electrons. The van der Waals surface area contributed by atoms with Crippen LogP contribution >= 0.6 is 0 Å². The lowest BCUT2D eigenvalue weighted by Gasteiger charge is -2.40. The maximum atomic E-state index is 13.5. The highest BCUT2D eigenvalue weighted by Crippen LogP contribution is 2.38. The number of rotatable bonds is 8. The number of amides is 5. The molecule has 2 aliphatic rings. The summed E-state index contributed by atoms with van der Waals surface area (Å²) in [6.07, 6.45) is 0.290. The van der Waals surface area contributed by atoms with E-state index in [0.29, 0.717) is 11.3 Å². The molecule has 2 saturated heterocycles. The van der Waals surface area contributed by atoms with Crippen LogP contribution in [0.1, 0.15) is 24.0 Å². The number of hydrogen-bond donors (Lipinski definition) is 5. The zero-order valence-electron chi connectivity index (χ0n) is 22.5. The fraction of sp³-hybridized carbons (Fsp3) is 0.346. The molecule has 0 bridgehead atoms. The van der Waals surface area contributed by atoms with Gasteiger partial charge in [0.15, 0.2) is 0 Å². The molecule has 2 heterocycles. The number of amidine groups is 1. The Bertz CT molecular complexity index is 1490. The normalized spacial score (nSPS) is 17.6. The van der Waals surface area contributed by atoms with E-state index in [1.807, 2.05) is 0 Å². The van der Waals surface area contributed by atoms with Crippen molar-refractivity contribution in [3.63, 3.8) is 0 Å². The summed E-state index contributed by atoms with van der Waals surface area (Å²) < 4.78 is 27.4. The van der Waals surface area contributed by atoms with E-state index in [-0.39, 0.29) is 36.7 Å². The summed E-state index contributed by atoms with van der Waals surface area (Å²) in [5.41, 5.74) is 5.93. The van der Waals surface area contributed by atoms with E-state index in [1.165, 1.54) is 41.1 Å². The van der Waals surface area contributed by atoms with Crippen molar-refractivity contribution in [3.8, 4) is 0 Å². The fourth-order valence-corrected chi connectivity index (χ4v) is 6.06. The van der Waals surface area contributed by atoms with Crippen molar-refractivity contribution in [3.05, 3.63) is 59.7 Å². The summed E-state index contributed by atoms with van der Waals surface area (Å²) >= 11 is 0. The third-order valence-corrected chi connectivity index (χ3v) is 8.91. The van der Waals surface area contributed by atoms with Gasteiger partial charge in [0.25, 0.3) is 5.91 Å². The van der Waals surface area contributed by atoms with Crippen LogP contribution in [0.4, 0.5) is 15.3 Å². The molecule has 6 N–H and O–H groups in total. The molecule has 15 heteroatoms. The topological polar surface area (TPSA) is 206 Å². The summed E-state index contributed by atoms with van der Waals surface area (Å²) in [6.45, 7) is 1.46. The highest BCUT2D eigenvalue weighted by Gasteiger charge is 2.57. The van der Waals surface area contributed by atoms with E-state index < -0.39 is 52.1 Å². The first kappa shape index (κ1) is 29.5. The van der Waals surface area contributed by atoms with Gasteiger partial charge >= 0.3 is 18.0 Å². The minimum absolute atomic E-state index is 0.0964. The zero-order chi connectivity index (χ0) is 30.1. The number of aryl methyl sites for hydroxylation is 1. The van der Waals surface area contributed by atoms with E-state index in [9.17, 15) is 32.7 Å². The van der Waals surface area contributed by atoms with Crippen LogP contribution < -0.4 is 20.7 Å². The average Bonchev–Trinajstić information content (AvgIpc) is 3.11. The number of piperidine rings is 1. The van der Waals surface area contributed by atoms with Gasteiger partial charge in [-0.3, -0.25) is 15.0 Å². The maximum absolute atomic E-state index is 13.5. The van der Waals surface area contributed by atoms with E-state index in [2.05, 4.69) is 10.0 Å². The van der Waals surface area contributed by atoms with Gasteiger partial charge in [-0.2, -0.15) is 4.72 Å². The number of aliphatic carboxylic acids is 1. The Morgan fingerprint density at radius 1 is 1.07 bits per heavy atom. The lowest BCUT2D eigenvalue weighted by Crippen LogP contribution is -2.58. The third kappa shape index (κ3) is 5.71. The maximum Gasteiger partial charge on any atom is 0.332 e. The number of sulfonamides is 1. The molecule has 14 nitrogen and oxygen atoms in total. The number of carbonyl (C=O) groups excluding carboxylic acids is 3. The highest BCUT2D eigenvalue weighted by atomic mass is 32.2. The molecule has 1 spiro atoms. The number of benzene rings is 2. The molecule has 2 aromatic carbocycles. The molecular formula is C26H31N7O7S.